The van der Waals surface area contributed by atoms with Crippen molar-refractivity contribution < 1.29 is 0 Å². The minimum absolute atomic E-state index is 0.523. The molecule has 2 aromatic carbocycles. The lowest BCUT2D eigenvalue weighted by Crippen LogP contribution is -2.36. The Morgan fingerprint density at radius 3 is 2.00 bits per heavy atom. The Hall–Kier alpha value is -0.730. The summed E-state index contributed by atoms with van der Waals surface area (Å²) in [6.07, 6.45) is 0.523. The van der Waals surface area contributed by atoms with Gasteiger partial charge >= 0.3 is 0 Å². The molecule has 2 rings (SSSR count). The van der Waals surface area contributed by atoms with Crippen molar-refractivity contribution >= 4 is 34.8 Å². The van der Waals surface area contributed by atoms with Crippen molar-refractivity contribution in [2.75, 3.05) is 0 Å². The van der Waals surface area contributed by atoms with Crippen molar-refractivity contribution in [3.8, 4) is 0 Å². The third-order valence-corrected chi connectivity index (χ3v) is 4.13. The van der Waals surface area contributed by atoms with Crippen LogP contribution in [0.25, 0.3) is 0 Å². The van der Waals surface area contributed by atoms with E-state index in [1.165, 1.54) is 0 Å². The number of hydrogen-bond acceptors (Lipinski definition) is 1. The molecular formula is C15H14Cl3N. The fourth-order valence-corrected chi connectivity index (χ4v) is 2.97. The van der Waals surface area contributed by atoms with Gasteiger partial charge < -0.3 is 5.73 Å². The first-order valence-electron chi connectivity index (χ1n) is 5.88. The van der Waals surface area contributed by atoms with Gasteiger partial charge in [0.15, 0.2) is 0 Å². The van der Waals surface area contributed by atoms with E-state index in [0.29, 0.717) is 21.5 Å². The Kier molecular flexibility index (Phi) is 4.42. The summed E-state index contributed by atoms with van der Waals surface area (Å²) in [4.78, 5) is 0. The summed E-state index contributed by atoms with van der Waals surface area (Å²) >= 11 is 18.6. The second kappa shape index (κ2) is 5.72. The first-order valence-corrected chi connectivity index (χ1v) is 7.02. The number of benzene rings is 2. The molecule has 0 aliphatic carbocycles. The zero-order valence-electron chi connectivity index (χ0n) is 10.5. The molecule has 0 amide bonds. The third kappa shape index (κ3) is 3.24. The minimum atomic E-state index is -0.632. The van der Waals surface area contributed by atoms with Crippen molar-refractivity contribution in [1.82, 2.24) is 0 Å². The molecule has 100 valence electrons. The third-order valence-electron chi connectivity index (χ3n) is 3.09. The molecule has 0 bridgehead atoms. The highest BCUT2D eigenvalue weighted by Gasteiger charge is 2.26. The van der Waals surface area contributed by atoms with E-state index in [0.717, 1.165) is 11.1 Å². The average Bonchev–Trinajstić information content (AvgIpc) is 2.34. The Labute approximate surface area is 128 Å². The molecule has 0 radical (unpaired) electrons. The number of rotatable bonds is 3. The van der Waals surface area contributed by atoms with E-state index in [9.17, 15) is 0 Å². The predicted octanol–water partition coefficient (Wildman–Crippen LogP) is 5.06. The van der Waals surface area contributed by atoms with Crippen LogP contribution in [0.2, 0.25) is 15.1 Å². The van der Waals surface area contributed by atoms with Crippen molar-refractivity contribution in [1.29, 1.82) is 0 Å². The normalized spacial score (nSPS) is 14.2. The second-order valence-corrected chi connectivity index (χ2v) is 6.00. The molecule has 1 atom stereocenters. The topological polar surface area (TPSA) is 26.0 Å². The van der Waals surface area contributed by atoms with E-state index in [4.69, 9.17) is 40.5 Å². The molecule has 0 aliphatic rings. The average molecular weight is 315 g/mol. The molecule has 0 aromatic heterocycles. The van der Waals surface area contributed by atoms with Gasteiger partial charge in [-0.05, 0) is 42.7 Å². The van der Waals surface area contributed by atoms with Crippen molar-refractivity contribution in [3.63, 3.8) is 0 Å². The zero-order chi connectivity index (χ0) is 14.0. The molecule has 1 nitrogen and oxygen atoms in total. The number of halogens is 3. The van der Waals surface area contributed by atoms with Crippen molar-refractivity contribution in [3.05, 3.63) is 68.7 Å². The van der Waals surface area contributed by atoms with Crippen LogP contribution in [0, 0.1) is 0 Å². The van der Waals surface area contributed by atoms with Gasteiger partial charge in [0.2, 0.25) is 0 Å². The Balaban J connectivity index is 2.39. The lowest BCUT2D eigenvalue weighted by molar-refractivity contribution is 0.492. The van der Waals surface area contributed by atoms with Crippen LogP contribution >= 0.6 is 34.8 Å². The van der Waals surface area contributed by atoms with Crippen LogP contribution in [0.1, 0.15) is 18.1 Å². The Morgan fingerprint density at radius 1 is 0.895 bits per heavy atom. The molecule has 0 heterocycles. The van der Waals surface area contributed by atoms with E-state index in [-0.39, 0.29) is 0 Å². The number of hydrogen-bond donors (Lipinski definition) is 1. The quantitative estimate of drug-likeness (QED) is 0.841. The molecule has 1 unspecified atom stereocenters. The van der Waals surface area contributed by atoms with E-state index in [2.05, 4.69) is 0 Å². The smallest absolute Gasteiger partial charge is 0.0456 e. The van der Waals surface area contributed by atoms with Crippen LogP contribution in [0.3, 0.4) is 0 Å². The Bertz CT molecular complexity index is 573. The highest BCUT2D eigenvalue weighted by atomic mass is 35.5. The standard InChI is InChI=1S/C15H14Cl3N/c1-15(19,11-5-2-3-6-14(11)18)9-10-12(16)7-4-8-13(10)17/h2-8H,9,19H2,1H3. The van der Waals surface area contributed by atoms with Crippen LogP contribution in [0.4, 0.5) is 0 Å². The fourth-order valence-electron chi connectivity index (χ4n) is 2.09. The molecule has 2 N–H and O–H groups in total. The highest BCUT2D eigenvalue weighted by Crippen LogP contribution is 2.33. The summed E-state index contributed by atoms with van der Waals surface area (Å²) in [6.45, 7) is 1.92. The summed E-state index contributed by atoms with van der Waals surface area (Å²) in [7, 11) is 0. The zero-order valence-corrected chi connectivity index (χ0v) is 12.7. The maximum Gasteiger partial charge on any atom is 0.0456 e. The first kappa shape index (κ1) is 14.7. The van der Waals surface area contributed by atoms with Crippen LogP contribution in [-0.4, -0.2) is 0 Å². The van der Waals surface area contributed by atoms with E-state index < -0.39 is 5.54 Å². The van der Waals surface area contributed by atoms with Crippen LogP contribution in [0.15, 0.2) is 42.5 Å². The lowest BCUT2D eigenvalue weighted by Gasteiger charge is -2.27. The molecule has 0 saturated heterocycles. The maximum absolute atomic E-state index is 6.41. The summed E-state index contributed by atoms with van der Waals surface area (Å²) in [5.74, 6) is 0. The molecule has 0 aliphatic heterocycles. The minimum Gasteiger partial charge on any atom is -0.321 e. The molecular weight excluding hydrogens is 301 g/mol. The van der Waals surface area contributed by atoms with Crippen LogP contribution in [-0.2, 0) is 12.0 Å². The maximum atomic E-state index is 6.41. The molecule has 2 aromatic rings. The van der Waals surface area contributed by atoms with Gasteiger partial charge in [-0.3, -0.25) is 0 Å². The van der Waals surface area contributed by atoms with E-state index in [1.54, 1.807) is 0 Å². The Morgan fingerprint density at radius 2 is 1.42 bits per heavy atom. The molecule has 4 heteroatoms. The van der Waals surface area contributed by atoms with E-state index in [1.807, 2.05) is 49.4 Å². The number of nitrogens with two attached hydrogens (primary N) is 1. The summed E-state index contributed by atoms with van der Waals surface area (Å²) < 4.78 is 0. The van der Waals surface area contributed by atoms with E-state index >= 15 is 0 Å². The summed E-state index contributed by atoms with van der Waals surface area (Å²) in [5, 5.41) is 1.89. The molecule has 0 spiro atoms. The van der Waals surface area contributed by atoms with Gasteiger partial charge in [-0.25, -0.2) is 0 Å². The SMILES string of the molecule is CC(N)(Cc1c(Cl)cccc1Cl)c1ccccc1Cl. The monoisotopic (exact) mass is 313 g/mol. The first-order chi connectivity index (χ1) is 8.92. The van der Waals surface area contributed by atoms with Crippen LogP contribution in [0.5, 0.6) is 0 Å². The second-order valence-electron chi connectivity index (χ2n) is 4.77. The van der Waals surface area contributed by atoms with Crippen LogP contribution < -0.4 is 5.73 Å². The largest absolute Gasteiger partial charge is 0.321 e. The van der Waals surface area contributed by atoms with Crippen molar-refractivity contribution in [2.45, 2.75) is 18.9 Å². The fraction of sp³-hybridized carbons (Fsp3) is 0.200. The van der Waals surface area contributed by atoms with Crippen molar-refractivity contribution in [2.24, 2.45) is 5.73 Å². The van der Waals surface area contributed by atoms with Gasteiger partial charge in [0.25, 0.3) is 0 Å². The molecule has 0 saturated carbocycles. The van der Waals surface area contributed by atoms with Gasteiger partial charge in [-0.2, -0.15) is 0 Å². The van der Waals surface area contributed by atoms with Gasteiger partial charge in [-0.1, -0.05) is 59.1 Å². The molecule has 19 heavy (non-hydrogen) atoms. The lowest BCUT2D eigenvalue weighted by atomic mass is 9.86. The van der Waals surface area contributed by atoms with Gasteiger partial charge in [0, 0.05) is 20.6 Å². The van der Waals surface area contributed by atoms with Gasteiger partial charge in [-0.15, -0.1) is 0 Å². The molecule has 0 fully saturated rings. The summed E-state index contributed by atoms with van der Waals surface area (Å²) in [5.41, 5.74) is 7.50. The van der Waals surface area contributed by atoms with Gasteiger partial charge in [0.1, 0.15) is 0 Å². The predicted molar refractivity (Wildman–Crippen MR) is 83.2 cm³/mol. The highest BCUT2D eigenvalue weighted by molar-refractivity contribution is 6.36. The summed E-state index contributed by atoms with van der Waals surface area (Å²) in [6, 6.07) is 13.0. The van der Waals surface area contributed by atoms with Gasteiger partial charge in [0.05, 0.1) is 0 Å².